The highest BCUT2D eigenvalue weighted by Crippen LogP contribution is 2.30. The first-order chi connectivity index (χ1) is 13.7. The predicted octanol–water partition coefficient (Wildman–Crippen LogP) is 4.92. The third-order valence-corrected chi connectivity index (χ3v) is 7.79. The van der Waals surface area contributed by atoms with E-state index in [1.165, 1.54) is 4.31 Å². The summed E-state index contributed by atoms with van der Waals surface area (Å²) in [4.78, 5) is 13.3. The standard InChI is InChI=1S/C22H27BrN2O3S/c1-15(2)20-8-4-6-16(3)21(20)24-22(26)17-7-5-13-25(14-17)29(27,28)19-11-9-18(23)10-12-19/h4,6,8-12,15,17H,5,7,13-14H2,1-3H3,(H,24,26). The number of sulfonamides is 1. The van der Waals surface area contributed by atoms with Crippen LogP contribution in [-0.4, -0.2) is 31.7 Å². The first-order valence-electron chi connectivity index (χ1n) is 9.86. The molecule has 0 radical (unpaired) electrons. The fraction of sp³-hybridized carbons (Fsp3) is 0.409. The maximum Gasteiger partial charge on any atom is 0.243 e. The van der Waals surface area contributed by atoms with E-state index in [1.807, 2.05) is 25.1 Å². The topological polar surface area (TPSA) is 66.5 Å². The Labute approximate surface area is 181 Å². The number of hydrogen-bond acceptors (Lipinski definition) is 3. The summed E-state index contributed by atoms with van der Waals surface area (Å²) in [5, 5.41) is 3.08. The molecule has 29 heavy (non-hydrogen) atoms. The van der Waals surface area contributed by atoms with E-state index in [2.05, 4.69) is 35.1 Å². The number of nitrogens with one attached hydrogen (secondary N) is 1. The van der Waals surface area contributed by atoms with Gasteiger partial charge in [-0.1, -0.05) is 48.0 Å². The number of halogens is 1. The van der Waals surface area contributed by atoms with Gasteiger partial charge in [0.25, 0.3) is 0 Å². The highest BCUT2D eigenvalue weighted by molar-refractivity contribution is 9.10. The van der Waals surface area contributed by atoms with Crippen molar-refractivity contribution in [3.05, 3.63) is 58.1 Å². The normalized spacial score (nSPS) is 18.0. The molecule has 1 aliphatic rings. The first-order valence-corrected chi connectivity index (χ1v) is 12.1. The number of piperidine rings is 1. The lowest BCUT2D eigenvalue weighted by molar-refractivity contribution is -0.120. The fourth-order valence-corrected chi connectivity index (χ4v) is 5.49. The van der Waals surface area contributed by atoms with E-state index < -0.39 is 10.0 Å². The highest BCUT2D eigenvalue weighted by Gasteiger charge is 2.33. The lowest BCUT2D eigenvalue weighted by atomic mass is 9.95. The summed E-state index contributed by atoms with van der Waals surface area (Å²) in [5.74, 6) is -0.198. The van der Waals surface area contributed by atoms with E-state index in [0.717, 1.165) is 21.3 Å². The van der Waals surface area contributed by atoms with Crippen LogP contribution in [0.1, 0.15) is 43.7 Å². The van der Waals surface area contributed by atoms with Gasteiger partial charge >= 0.3 is 0 Å². The summed E-state index contributed by atoms with van der Waals surface area (Å²) in [5.41, 5.74) is 2.95. The van der Waals surface area contributed by atoms with Crippen LogP contribution in [0.15, 0.2) is 51.8 Å². The molecule has 7 heteroatoms. The summed E-state index contributed by atoms with van der Waals surface area (Å²) >= 11 is 3.33. The van der Waals surface area contributed by atoms with Crippen LogP contribution in [0.3, 0.4) is 0 Å². The lowest BCUT2D eigenvalue weighted by Crippen LogP contribution is -2.43. The van der Waals surface area contributed by atoms with Crippen molar-refractivity contribution in [3.8, 4) is 0 Å². The zero-order chi connectivity index (χ0) is 21.2. The molecule has 1 N–H and O–H groups in total. The van der Waals surface area contributed by atoms with Crippen LogP contribution in [-0.2, 0) is 14.8 Å². The second-order valence-corrected chi connectivity index (χ2v) is 10.7. The SMILES string of the molecule is Cc1cccc(C(C)C)c1NC(=O)C1CCCN(S(=O)(=O)c2ccc(Br)cc2)C1. The van der Waals surface area contributed by atoms with Crippen molar-refractivity contribution in [2.24, 2.45) is 5.92 Å². The number of aryl methyl sites for hydroxylation is 1. The number of rotatable bonds is 5. The van der Waals surface area contributed by atoms with Gasteiger partial charge in [-0.2, -0.15) is 4.31 Å². The number of anilines is 1. The largest absolute Gasteiger partial charge is 0.325 e. The van der Waals surface area contributed by atoms with Gasteiger partial charge < -0.3 is 5.32 Å². The average Bonchev–Trinajstić information content (AvgIpc) is 2.69. The summed E-state index contributed by atoms with van der Waals surface area (Å²) in [6.45, 7) is 6.80. The van der Waals surface area contributed by atoms with Crippen LogP contribution in [0.5, 0.6) is 0 Å². The monoisotopic (exact) mass is 478 g/mol. The number of benzene rings is 2. The molecule has 2 aromatic rings. The Morgan fingerprint density at radius 1 is 1.17 bits per heavy atom. The molecule has 1 aliphatic heterocycles. The molecule has 5 nitrogen and oxygen atoms in total. The molecule has 0 saturated carbocycles. The van der Waals surface area contributed by atoms with Gasteiger partial charge in [-0.05, 0) is 61.1 Å². The van der Waals surface area contributed by atoms with Gasteiger partial charge in [0.1, 0.15) is 0 Å². The number of nitrogens with zero attached hydrogens (tertiary/aromatic N) is 1. The molecule has 1 unspecified atom stereocenters. The van der Waals surface area contributed by atoms with E-state index in [0.29, 0.717) is 19.4 Å². The molecule has 1 fully saturated rings. The molecule has 1 heterocycles. The maximum absolute atomic E-state index is 13.0. The Bertz CT molecular complexity index is 988. The molecule has 2 aromatic carbocycles. The van der Waals surface area contributed by atoms with E-state index in [1.54, 1.807) is 24.3 Å². The lowest BCUT2D eigenvalue weighted by Gasteiger charge is -2.31. The minimum atomic E-state index is -3.62. The molecule has 0 aromatic heterocycles. The molecule has 0 bridgehead atoms. The van der Waals surface area contributed by atoms with Gasteiger partial charge in [0.05, 0.1) is 10.8 Å². The van der Waals surface area contributed by atoms with Gasteiger partial charge in [0.2, 0.25) is 15.9 Å². The van der Waals surface area contributed by atoms with Crippen molar-refractivity contribution < 1.29 is 13.2 Å². The maximum atomic E-state index is 13.0. The molecule has 3 rings (SSSR count). The summed E-state index contributed by atoms with van der Waals surface area (Å²) in [6, 6.07) is 12.6. The van der Waals surface area contributed by atoms with Crippen LogP contribution in [0.2, 0.25) is 0 Å². The number of carbonyl (C=O) groups is 1. The van der Waals surface area contributed by atoms with Crippen LogP contribution < -0.4 is 5.32 Å². The van der Waals surface area contributed by atoms with Crippen LogP contribution in [0.25, 0.3) is 0 Å². The number of hydrogen-bond donors (Lipinski definition) is 1. The molecule has 1 saturated heterocycles. The second-order valence-electron chi connectivity index (χ2n) is 7.84. The fourth-order valence-electron chi connectivity index (χ4n) is 3.70. The molecule has 156 valence electrons. The van der Waals surface area contributed by atoms with Gasteiger partial charge in [-0.15, -0.1) is 0 Å². The van der Waals surface area contributed by atoms with Crippen molar-refractivity contribution in [2.45, 2.75) is 44.4 Å². The Morgan fingerprint density at radius 3 is 2.52 bits per heavy atom. The van der Waals surface area contributed by atoms with Gasteiger partial charge in [-0.3, -0.25) is 4.79 Å². The van der Waals surface area contributed by atoms with Gasteiger partial charge in [0.15, 0.2) is 0 Å². The molecular formula is C22H27BrN2O3S. The van der Waals surface area contributed by atoms with Crippen LogP contribution in [0.4, 0.5) is 5.69 Å². The molecule has 0 aliphatic carbocycles. The zero-order valence-electron chi connectivity index (χ0n) is 17.0. The quantitative estimate of drug-likeness (QED) is 0.662. The summed E-state index contributed by atoms with van der Waals surface area (Å²) in [6.07, 6.45) is 1.35. The third-order valence-electron chi connectivity index (χ3n) is 5.38. The van der Waals surface area contributed by atoms with Crippen molar-refractivity contribution in [3.63, 3.8) is 0 Å². The Hall–Kier alpha value is -1.70. The van der Waals surface area contributed by atoms with Crippen LogP contribution >= 0.6 is 15.9 Å². The molecular weight excluding hydrogens is 452 g/mol. The van der Waals surface area contributed by atoms with Gasteiger partial charge in [0, 0.05) is 23.2 Å². The van der Waals surface area contributed by atoms with E-state index in [4.69, 9.17) is 0 Å². The minimum Gasteiger partial charge on any atom is -0.325 e. The predicted molar refractivity (Wildman–Crippen MR) is 120 cm³/mol. The van der Waals surface area contributed by atoms with Gasteiger partial charge in [-0.25, -0.2) is 8.42 Å². The Morgan fingerprint density at radius 2 is 1.86 bits per heavy atom. The smallest absolute Gasteiger partial charge is 0.243 e. The van der Waals surface area contributed by atoms with E-state index in [-0.39, 0.29) is 29.2 Å². The van der Waals surface area contributed by atoms with Crippen molar-refractivity contribution in [2.75, 3.05) is 18.4 Å². The Balaban J connectivity index is 1.78. The minimum absolute atomic E-state index is 0.114. The van der Waals surface area contributed by atoms with E-state index in [9.17, 15) is 13.2 Å². The Kier molecular flexibility index (Phi) is 6.81. The molecule has 0 spiro atoms. The van der Waals surface area contributed by atoms with Crippen LogP contribution in [0, 0.1) is 12.8 Å². The number of para-hydroxylation sites is 1. The highest BCUT2D eigenvalue weighted by atomic mass is 79.9. The first kappa shape index (κ1) is 22.0. The number of carbonyl (C=O) groups excluding carboxylic acids is 1. The third kappa shape index (κ3) is 4.90. The summed E-state index contributed by atoms with van der Waals surface area (Å²) in [7, 11) is -3.62. The second kappa shape index (κ2) is 8.98. The zero-order valence-corrected chi connectivity index (χ0v) is 19.4. The average molecular weight is 479 g/mol. The van der Waals surface area contributed by atoms with Crippen molar-refractivity contribution in [1.82, 2.24) is 4.31 Å². The summed E-state index contributed by atoms with van der Waals surface area (Å²) < 4.78 is 28.3. The van der Waals surface area contributed by atoms with Crippen molar-refractivity contribution >= 4 is 37.5 Å². The van der Waals surface area contributed by atoms with Crippen molar-refractivity contribution in [1.29, 1.82) is 0 Å². The molecule has 1 amide bonds. The van der Waals surface area contributed by atoms with E-state index >= 15 is 0 Å². The molecule has 1 atom stereocenters. The number of amides is 1.